The molecule has 3 rings (SSSR count). The number of ketones is 1. The molecule has 2 aromatic carbocycles. The Morgan fingerprint density at radius 1 is 0.853 bits per heavy atom. The Morgan fingerprint density at radius 3 is 2.09 bits per heavy atom. The average molecular weight is 482 g/mol. The molecule has 0 unspecified atom stereocenters. The quantitative estimate of drug-likeness (QED) is 0.231. The Morgan fingerprint density at radius 2 is 1.47 bits per heavy atom. The largest absolute Gasteiger partial charge is 0.476 e. The lowest BCUT2D eigenvalue weighted by Crippen LogP contribution is -2.40. The van der Waals surface area contributed by atoms with Gasteiger partial charge >= 0.3 is 11.9 Å². The molecule has 0 bridgehead atoms. The van der Waals surface area contributed by atoms with Crippen molar-refractivity contribution in [3.63, 3.8) is 0 Å². The summed E-state index contributed by atoms with van der Waals surface area (Å²) in [4.78, 5) is 40.7. The summed E-state index contributed by atoms with van der Waals surface area (Å²) >= 11 is 5.87. The third-order valence-corrected chi connectivity index (χ3v) is 4.99. The molecular weight excluding hydrogens is 458 g/mol. The van der Waals surface area contributed by atoms with Crippen molar-refractivity contribution in [1.29, 1.82) is 0 Å². The molecule has 7 nitrogen and oxygen atoms in total. The standard InChI is InChI=1S/C26H24ClNO6/c1-26(2,25(31)33-16-4-15-32-24(30)20-5-3-14-28-17-20)34-22-12-8-19(9-13-22)23(29)18-6-10-21(27)11-7-18/h3,5-14,17H,4,15-16H2,1-2H3. The Bertz CT molecular complexity index is 1130. The molecule has 1 aromatic heterocycles. The zero-order valence-electron chi connectivity index (χ0n) is 18.8. The van der Waals surface area contributed by atoms with Crippen LogP contribution in [0.1, 0.15) is 46.5 Å². The first-order chi connectivity index (χ1) is 16.3. The van der Waals surface area contributed by atoms with Crippen LogP contribution >= 0.6 is 11.6 Å². The summed E-state index contributed by atoms with van der Waals surface area (Å²) in [6, 6.07) is 16.4. The summed E-state index contributed by atoms with van der Waals surface area (Å²) in [7, 11) is 0. The number of carbonyl (C=O) groups is 3. The summed E-state index contributed by atoms with van der Waals surface area (Å²) in [6.07, 6.45) is 3.33. The lowest BCUT2D eigenvalue weighted by Gasteiger charge is -2.24. The van der Waals surface area contributed by atoms with Crippen LogP contribution in [0, 0.1) is 0 Å². The molecule has 0 N–H and O–H groups in total. The second-order valence-electron chi connectivity index (χ2n) is 7.84. The molecule has 0 amide bonds. The number of benzene rings is 2. The second-order valence-corrected chi connectivity index (χ2v) is 8.28. The second kappa shape index (κ2) is 11.4. The van der Waals surface area contributed by atoms with Crippen LogP contribution in [0.15, 0.2) is 73.1 Å². The number of halogens is 1. The van der Waals surface area contributed by atoms with Crippen molar-refractivity contribution < 1.29 is 28.6 Å². The van der Waals surface area contributed by atoms with E-state index in [2.05, 4.69) is 4.98 Å². The number of ether oxygens (including phenoxy) is 3. The van der Waals surface area contributed by atoms with E-state index in [-0.39, 0.29) is 19.0 Å². The molecule has 0 atom stereocenters. The topological polar surface area (TPSA) is 91.8 Å². The molecule has 0 radical (unpaired) electrons. The molecule has 0 aliphatic carbocycles. The fraction of sp³-hybridized carbons (Fsp3) is 0.231. The summed E-state index contributed by atoms with van der Waals surface area (Å²) in [5, 5.41) is 0.556. The van der Waals surface area contributed by atoms with Gasteiger partial charge in [0.1, 0.15) is 5.75 Å². The predicted octanol–water partition coefficient (Wildman–Crippen LogP) is 4.91. The van der Waals surface area contributed by atoms with Crippen LogP contribution in [0.5, 0.6) is 5.75 Å². The summed E-state index contributed by atoms with van der Waals surface area (Å²) < 4.78 is 16.2. The van der Waals surface area contributed by atoms with Gasteiger partial charge < -0.3 is 14.2 Å². The van der Waals surface area contributed by atoms with E-state index in [1.807, 2.05) is 0 Å². The van der Waals surface area contributed by atoms with Gasteiger partial charge in [0.25, 0.3) is 0 Å². The van der Waals surface area contributed by atoms with Gasteiger partial charge in [-0.05, 0) is 74.5 Å². The minimum absolute atomic E-state index is 0.0699. The highest BCUT2D eigenvalue weighted by molar-refractivity contribution is 6.30. The average Bonchev–Trinajstić information content (AvgIpc) is 2.84. The van der Waals surface area contributed by atoms with Crippen molar-refractivity contribution in [1.82, 2.24) is 4.98 Å². The van der Waals surface area contributed by atoms with Crippen LogP contribution in [0.4, 0.5) is 0 Å². The fourth-order valence-corrected chi connectivity index (χ4v) is 3.03. The van der Waals surface area contributed by atoms with Crippen LogP contribution in [-0.4, -0.2) is 41.5 Å². The van der Waals surface area contributed by atoms with Gasteiger partial charge in [0.2, 0.25) is 0 Å². The van der Waals surface area contributed by atoms with E-state index < -0.39 is 17.5 Å². The third-order valence-electron chi connectivity index (χ3n) is 4.74. The van der Waals surface area contributed by atoms with Gasteiger partial charge in [0.05, 0.1) is 18.8 Å². The van der Waals surface area contributed by atoms with Gasteiger partial charge in [-0.1, -0.05) is 11.6 Å². The highest BCUT2D eigenvalue weighted by Crippen LogP contribution is 2.22. The van der Waals surface area contributed by atoms with E-state index in [9.17, 15) is 14.4 Å². The molecule has 0 saturated heterocycles. The normalized spacial score (nSPS) is 10.9. The first-order valence-electron chi connectivity index (χ1n) is 10.6. The summed E-state index contributed by atoms with van der Waals surface area (Å²) in [5.41, 5.74) is 0.104. The van der Waals surface area contributed by atoms with Gasteiger partial charge in [0, 0.05) is 35.0 Å². The number of hydrogen-bond acceptors (Lipinski definition) is 7. The number of nitrogens with zero attached hydrogens (tertiary/aromatic N) is 1. The van der Waals surface area contributed by atoms with E-state index in [4.69, 9.17) is 25.8 Å². The van der Waals surface area contributed by atoms with E-state index in [0.717, 1.165) is 0 Å². The number of pyridine rings is 1. The number of rotatable bonds is 10. The molecule has 0 aliphatic heterocycles. The SMILES string of the molecule is CC(C)(Oc1ccc(C(=O)c2ccc(Cl)cc2)cc1)C(=O)OCCCOC(=O)c1cccnc1. The Balaban J connectivity index is 1.45. The molecule has 3 aromatic rings. The lowest BCUT2D eigenvalue weighted by molar-refractivity contribution is -0.159. The number of esters is 2. The number of carbonyl (C=O) groups excluding carboxylic acids is 3. The van der Waals surface area contributed by atoms with Gasteiger partial charge in [-0.15, -0.1) is 0 Å². The van der Waals surface area contributed by atoms with Crippen LogP contribution < -0.4 is 4.74 Å². The molecule has 0 fully saturated rings. The third kappa shape index (κ3) is 6.89. The monoisotopic (exact) mass is 481 g/mol. The molecule has 0 aliphatic rings. The zero-order chi connectivity index (χ0) is 24.6. The highest BCUT2D eigenvalue weighted by Gasteiger charge is 2.32. The first kappa shape index (κ1) is 24.9. The molecule has 0 spiro atoms. The Labute approximate surface area is 202 Å². The van der Waals surface area contributed by atoms with Crippen LogP contribution in [0.3, 0.4) is 0 Å². The molecule has 8 heteroatoms. The van der Waals surface area contributed by atoms with E-state index in [1.165, 1.54) is 6.20 Å². The lowest BCUT2D eigenvalue weighted by atomic mass is 10.0. The van der Waals surface area contributed by atoms with Crippen molar-refractivity contribution in [2.24, 2.45) is 0 Å². The smallest absolute Gasteiger partial charge is 0.349 e. The molecule has 1 heterocycles. The van der Waals surface area contributed by atoms with Crippen molar-refractivity contribution in [3.8, 4) is 5.75 Å². The van der Waals surface area contributed by atoms with Crippen LogP contribution in [0.25, 0.3) is 0 Å². The van der Waals surface area contributed by atoms with Crippen molar-refractivity contribution in [2.75, 3.05) is 13.2 Å². The van der Waals surface area contributed by atoms with Crippen molar-refractivity contribution in [2.45, 2.75) is 25.9 Å². The Hall–Kier alpha value is -3.71. The van der Waals surface area contributed by atoms with E-state index >= 15 is 0 Å². The van der Waals surface area contributed by atoms with Crippen LogP contribution in [0.2, 0.25) is 5.02 Å². The predicted molar refractivity (Wildman–Crippen MR) is 126 cm³/mol. The number of aromatic nitrogens is 1. The molecule has 34 heavy (non-hydrogen) atoms. The summed E-state index contributed by atoms with van der Waals surface area (Å²) in [6.45, 7) is 3.35. The molecular formula is C26H24ClNO6. The zero-order valence-corrected chi connectivity index (χ0v) is 19.6. The van der Waals surface area contributed by atoms with Crippen molar-refractivity contribution in [3.05, 3.63) is 94.8 Å². The first-order valence-corrected chi connectivity index (χ1v) is 11.0. The molecule has 176 valence electrons. The van der Waals surface area contributed by atoms with Crippen LogP contribution in [-0.2, 0) is 14.3 Å². The fourth-order valence-electron chi connectivity index (χ4n) is 2.91. The van der Waals surface area contributed by atoms with Crippen molar-refractivity contribution >= 4 is 29.3 Å². The summed E-state index contributed by atoms with van der Waals surface area (Å²) in [5.74, 6) is -0.778. The minimum Gasteiger partial charge on any atom is -0.476 e. The van der Waals surface area contributed by atoms with Gasteiger partial charge in [-0.25, -0.2) is 9.59 Å². The molecule has 0 saturated carbocycles. The maximum atomic E-state index is 12.6. The maximum Gasteiger partial charge on any atom is 0.349 e. The van der Waals surface area contributed by atoms with E-state index in [0.29, 0.717) is 33.9 Å². The van der Waals surface area contributed by atoms with Gasteiger partial charge in [-0.2, -0.15) is 0 Å². The van der Waals surface area contributed by atoms with Gasteiger partial charge in [-0.3, -0.25) is 9.78 Å². The van der Waals surface area contributed by atoms with E-state index in [1.54, 1.807) is 80.7 Å². The maximum absolute atomic E-state index is 12.6. The Kier molecular flexibility index (Phi) is 8.38. The number of hydrogen-bond donors (Lipinski definition) is 0. The minimum atomic E-state index is -1.26. The highest BCUT2D eigenvalue weighted by atomic mass is 35.5. The van der Waals surface area contributed by atoms with Gasteiger partial charge in [0.15, 0.2) is 11.4 Å².